The van der Waals surface area contributed by atoms with E-state index in [0.717, 1.165) is 53.0 Å². The number of ketones is 1. The maximum Gasteiger partial charge on any atom is 0.196 e. The fourth-order valence-electron chi connectivity index (χ4n) is 4.12. The zero-order valence-corrected chi connectivity index (χ0v) is 19.4. The highest BCUT2D eigenvalue weighted by atomic mass is 32.2. The van der Waals surface area contributed by atoms with E-state index < -0.39 is 0 Å². The summed E-state index contributed by atoms with van der Waals surface area (Å²) < 4.78 is 2.11. The molecule has 1 fully saturated rings. The van der Waals surface area contributed by atoms with Gasteiger partial charge in [-0.1, -0.05) is 42.4 Å². The van der Waals surface area contributed by atoms with Gasteiger partial charge < -0.3 is 0 Å². The van der Waals surface area contributed by atoms with Gasteiger partial charge in [-0.2, -0.15) is 0 Å². The number of likely N-dealkylation sites (tertiary alicyclic amines) is 1. The number of aryl methyl sites for hydroxylation is 3. The molecule has 1 aliphatic heterocycles. The third-order valence-corrected chi connectivity index (χ3v) is 6.93. The summed E-state index contributed by atoms with van der Waals surface area (Å²) >= 11 is 1.47. The number of nitrogens with zero attached hydrogens (tertiary/aromatic N) is 4. The Morgan fingerprint density at radius 2 is 1.65 bits per heavy atom. The minimum atomic E-state index is 0.130. The molecule has 0 unspecified atom stereocenters. The molecule has 0 atom stereocenters. The standard InChI is InChI=1S/C25H30N4OS/c1-18-14-20(3)22(15-19(18)2)23(30)17-31-25-27-26-24(16-28-12-8-5-9-13-28)29(25)21-10-6-4-7-11-21/h4,6-7,10-11,14-15H,5,8-9,12-13,16-17H2,1-3H3. The van der Waals surface area contributed by atoms with Crippen molar-refractivity contribution in [1.82, 2.24) is 19.7 Å². The summed E-state index contributed by atoms with van der Waals surface area (Å²) in [6.45, 7) is 9.14. The summed E-state index contributed by atoms with van der Waals surface area (Å²) in [6, 6.07) is 14.3. The van der Waals surface area contributed by atoms with Gasteiger partial charge in [0.1, 0.15) is 0 Å². The third-order valence-electron chi connectivity index (χ3n) is 6.00. The average Bonchev–Trinajstić information content (AvgIpc) is 3.18. The molecule has 2 aromatic carbocycles. The number of hydrogen-bond donors (Lipinski definition) is 0. The van der Waals surface area contributed by atoms with Crippen LogP contribution in [0.15, 0.2) is 47.6 Å². The Morgan fingerprint density at radius 1 is 0.935 bits per heavy atom. The van der Waals surface area contributed by atoms with Crippen LogP contribution in [0, 0.1) is 20.8 Å². The van der Waals surface area contributed by atoms with E-state index in [1.165, 1.54) is 36.6 Å². The van der Waals surface area contributed by atoms with Crippen molar-refractivity contribution in [3.8, 4) is 5.69 Å². The first kappa shape index (κ1) is 21.8. The quantitative estimate of drug-likeness (QED) is 0.380. The van der Waals surface area contributed by atoms with Crippen molar-refractivity contribution < 1.29 is 4.79 Å². The summed E-state index contributed by atoms with van der Waals surface area (Å²) in [5.41, 5.74) is 5.24. The predicted molar refractivity (Wildman–Crippen MR) is 126 cm³/mol. The van der Waals surface area contributed by atoms with Gasteiger partial charge in [0.2, 0.25) is 0 Å². The van der Waals surface area contributed by atoms with Crippen molar-refractivity contribution in [2.75, 3.05) is 18.8 Å². The zero-order valence-electron chi connectivity index (χ0n) is 18.6. The van der Waals surface area contributed by atoms with E-state index in [4.69, 9.17) is 0 Å². The summed E-state index contributed by atoms with van der Waals surface area (Å²) in [4.78, 5) is 15.4. The lowest BCUT2D eigenvalue weighted by molar-refractivity contribution is 0.102. The molecule has 3 aromatic rings. The maximum absolute atomic E-state index is 13.0. The Hall–Kier alpha value is -2.44. The fraction of sp³-hybridized carbons (Fsp3) is 0.400. The van der Waals surface area contributed by atoms with Crippen molar-refractivity contribution in [2.45, 2.75) is 51.7 Å². The number of rotatable bonds is 7. The molecular weight excluding hydrogens is 404 g/mol. The molecule has 0 saturated carbocycles. The van der Waals surface area contributed by atoms with E-state index in [2.05, 4.69) is 51.7 Å². The number of para-hydroxylation sites is 1. The second-order valence-electron chi connectivity index (χ2n) is 8.37. The monoisotopic (exact) mass is 434 g/mol. The number of carbonyl (C=O) groups excluding carboxylic acids is 1. The fourth-order valence-corrected chi connectivity index (χ4v) is 4.97. The molecule has 6 heteroatoms. The van der Waals surface area contributed by atoms with Gasteiger partial charge in [-0.3, -0.25) is 14.3 Å². The van der Waals surface area contributed by atoms with Gasteiger partial charge in [0.05, 0.1) is 12.3 Å². The van der Waals surface area contributed by atoms with Crippen LogP contribution in [-0.2, 0) is 6.54 Å². The Labute approximate surface area is 188 Å². The highest BCUT2D eigenvalue weighted by Crippen LogP contribution is 2.25. The molecule has 31 heavy (non-hydrogen) atoms. The van der Waals surface area contributed by atoms with Crippen LogP contribution in [0.2, 0.25) is 0 Å². The molecule has 0 aliphatic carbocycles. The zero-order chi connectivity index (χ0) is 21.8. The number of thioether (sulfide) groups is 1. The molecule has 162 valence electrons. The summed E-state index contributed by atoms with van der Waals surface area (Å²) in [7, 11) is 0. The number of carbonyl (C=O) groups is 1. The largest absolute Gasteiger partial charge is 0.296 e. The highest BCUT2D eigenvalue weighted by Gasteiger charge is 2.20. The third kappa shape index (κ3) is 5.08. The molecule has 4 rings (SSSR count). The van der Waals surface area contributed by atoms with Crippen LogP contribution in [0.3, 0.4) is 0 Å². The van der Waals surface area contributed by atoms with Crippen LogP contribution < -0.4 is 0 Å². The number of aromatic nitrogens is 3. The van der Waals surface area contributed by atoms with E-state index in [1.54, 1.807) is 0 Å². The van der Waals surface area contributed by atoms with Crippen LogP contribution in [0.25, 0.3) is 5.69 Å². The van der Waals surface area contributed by atoms with E-state index in [0.29, 0.717) is 5.75 Å². The normalized spacial score (nSPS) is 14.7. The second-order valence-corrected chi connectivity index (χ2v) is 9.31. The van der Waals surface area contributed by atoms with Crippen LogP contribution >= 0.6 is 11.8 Å². The molecule has 0 spiro atoms. The minimum absolute atomic E-state index is 0.130. The smallest absolute Gasteiger partial charge is 0.196 e. The lowest BCUT2D eigenvalue weighted by Crippen LogP contribution is -2.30. The maximum atomic E-state index is 13.0. The Kier molecular flexibility index (Phi) is 6.88. The van der Waals surface area contributed by atoms with Crippen molar-refractivity contribution in [3.63, 3.8) is 0 Å². The molecule has 0 radical (unpaired) electrons. The highest BCUT2D eigenvalue weighted by molar-refractivity contribution is 7.99. The topological polar surface area (TPSA) is 51.0 Å². The Morgan fingerprint density at radius 3 is 2.39 bits per heavy atom. The molecule has 1 aliphatic rings. The van der Waals surface area contributed by atoms with Gasteiger partial charge in [0, 0.05) is 11.3 Å². The van der Waals surface area contributed by atoms with E-state index in [1.807, 2.05) is 31.2 Å². The molecule has 0 bridgehead atoms. The number of piperidine rings is 1. The van der Waals surface area contributed by atoms with Crippen molar-refractivity contribution in [1.29, 1.82) is 0 Å². The van der Waals surface area contributed by atoms with E-state index >= 15 is 0 Å². The SMILES string of the molecule is Cc1cc(C)c(C(=O)CSc2nnc(CN3CCCCC3)n2-c2ccccc2)cc1C. The first-order valence-corrected chi connectivity index (χ1v) is 12.0. The van der Waals surface area contributed by atoms with Gasteiger partial charge in [-0.15, -0.1) is 10.2 Å². The van der Waals surface area contributed by atoms with Gasteiger partial charge in [-0.25, -0.2) is 0 Å². The molecule has 1 saturated heterocycles. The van der Waals surface area contributed by atoms with Crippen molar-refractivity contribution in [3.05, 3.63) is 70.5 Å². The number of Topliss-reactive ketones (excluding diaryl/α,β-unsaturated/α-hetero) is 1. The molecule has 0 amide bonds. The molecule has 5 nitrogen and oxygen atoms in total. The summed E-state index contributed by atoms with van der Waals surface area (Å²) in [6.07, 6.45) is 3.79. The van der Waals surface area contributed by atoms with Crippen LogP contribution in [0.5, 0.6) is 0 Å². The number of benzene rings is 2. The van der Waals surface area contributed by atoms with E-state index in [-0.39, 0.29) is 5.78 Å². The first-order chi connectivity index (χ1) is 15.0. The van der Waals surface area contributed by atoms with Crippen LogP contribution in [0.1, 0.15) is 52.1 Å². The predicted octanol–water partition coefficient (Wildman–Crippen LogP) is 5.15. The van der Waals surface area contributed by atoms with Crippen molar-refractivity contribution in [2.24, 2.45) is 0 Å². The van der Waals surface area contributed by atoms with Crippen LogP contribution in [0.4, 0.5) is 0 Å². The molecule has 0 N–H and O–H groups in total. The van der Waals surface area contributed by atoms with Gasteiger partial charge in [0.25, 0.3) is 0 Å². The lowest BCUT2D eigenvalue weighted by atomic mass is 9.99. The second kappa shape index (κ2) is 9.79. The lowest BCUT2D eigenvalue weighted by Gasteiger charge is -2.26. The Bertz CT molecular complexity index is 1050. The van der Waals surface area contributed by atoms with E-state index in [9.17, 15) is 4.79 Å². The van der Waals surface area contributed by atoms with Crippen molar-refractivity contribution >= 4 is 17.5 Å². The Balaban J connectivity index is 1.56. The first-order valence-electron chi connectivity index (χ1n) is 11.0. The summed E-state index contributed by atoms with van der Waals surface area (Å²) in [5, 5.41) is 9.77. The van der Waals surface area contributed by atoms with Gasteiger partial charge in [-0.05, 0) is 81.6 Å². The molecule has 2 heterocycles. The summed E-state index contributed by atoms with van der Waals surface area (Å²) in [5.74, 6) is 1.41. The molecular formula is C25H30N4OS. The number of hydrogen-bond acceptors (Lipinski definition) is 5. The van der Waals surface area contributed by atoms with Gasteiger partial charge >= 0.3 is 0 Å². The minimum Gasteiger partial charge on any atom is -0.296 e. The van der Waals surface area contributed by atoms with Crippen LogP contribution in [-0.4, -0.2) is 44.3 Å². The van der Waals surface area contributed by atoms with Gasteiger partial charge in [0.15, 0.2) is 16.8 Å². The molecule has 1 aromatic heterocycles. The average molecular weight is 435 g/mol.